The Morgan fingerprint density at radius 3 is 1.88 bits per heavy atom. The van der Waals surface area contributed by atoms with Crippen molar-refractivity contribution in [1.29, 1.82) is 0 Å². The van der Waals surface area contributed by atoms with Crippen molar-refractivity contribution in [2.75, 3.05) is 6.54 Å². The van der Waals surface area contributed by atoms with Gasteiger partial charge in [0.25, 0.3) is 11.8 Å². The molecule has 2 amide bonds. The van der Waals surface area contributed by atoms with Gasteiger partial charge >= 0.3 is 0 Å². The number of allylic oxidation sites excluding steroid dienone is 2. The Hall–Kier alpha value is -1.64. The molecule has 0 saturated carbocycles. The van der Waals surface area contributed by atoms with Gasteiger partial charge in [0.2, 0.25) is 0 Å². The number of carbonyl (C=O) groups excluding carboxylic acids is 2. The fourth-order valence-corrected chi connectivity index (χ4v) is 1.87. The Balaban J connectivity index is 2.46. The van der Waals surface area contributed by atoms with Crippen molar-refractivity contribution in [2.45, 2.75) is 20.8 Å². The monoisotopic (exact) mass is 217 g/mol. The van der Waals surface area contributed by atoms with E-state index in [1.54, 1.807) is 19.1 Å². The second-order valence-corrected chi connectivity index (χ2v) is 4.67. The highest BCUT2D eigenvalue weighted by molar-refractivity contribution is 6.22. The van der Waals surface area contributed by atoms with Gasteiger partial charge in [0.15, 0.2) is 0 Å². The highest BCUT2D eigenvalue weighted by Crippen LogP contribution is 2.30. The van der Waals surface area contributed by atoms with Gasteiger partial charge in [-0.25, -0.2) is 0 Å². The molecule has 1 aliphatic carbocycles. The van der Waals surface area contributed by atoms with Gasteiger partial charge in [0.05, 0.1) is 11.1 Å². The number of amides is 2. The molecule has 1 aliphatic heterocycles. The molecule has 0 aromatic carbocycles. The van der Waals surface area contributed by atoms with Gasteiger partial charge in [-0.05, 0) is 6.92 Å². The van der Waals surface area contributed by atoms with Crippen molar-refractivity contribution < 1.29 is 9.59 Å². The van der Waals surface area contributed by atoms with Crippen LogP contribution >= 0.6 is 0 Å². The van der Waals surface area contributed by atoms with Crippen LogP contribution in [0.25, 0.3) is 0 Å². The maximum Gasteiger partial charge on any atom is 0.261 e. The van der Waals surface area contributed by atoms with E-state index in [-0.39, 0.29) is 17.2 Å². The fraction of sp³-hybridized carbons (Fsp3) is 0.385. The van der Waals surface area contributed by atoms with Crippen LogP contribution in [0.2, 0.25) is 0 Å². The van der Waals surface area contributed by atoms with Gasteiger partial charge in [-0.3, -0.25) is 14.5 Å². The van der Waals surface area contributed by atoms with Crippen LogP contribution in [0.3, 0.4) is 0 Å². The Kier molecular flexibility index (Phi) is 2.34. The lowest BCUT2D eigenvalue weighted by Crippen LogP contribution is -2.31. The van der Waals surface area contributed by atoms with Crippen molar-refractivity contribution in [1.82, 2.24) is 4.90 Å². The van der Waals surface area contributed by atoms with E-state index < -0.39 is 0 Å². The zero-order chi connectivity index (χ0) is 11.9. The molecule has 1 heterocycles. The third kappa shape index (κ3) is 1.52. The summed E-state index contributed by atoms with van der Waals surface area (Å²) in [7, 11) is 0. The molecule has 0 bridgehead atoms. The average molecular weight is 217 g/mol. The molecule has 16 heavy (non-hydrogen) atoms. The molecule has 0 fully saturated rings. The fourth-order valence-electron chi connectivity index (χ4n) is 1.87. The zero-order valence-corrected chi connectivity index (χ0v) is 9.78. The zero-order valence-electron chi connectivity index (χ0n) is 9.78. The lowest BCUT2D eigenvalue weighted by atomic mass is 9.93. The van der Waals surface area contributed by atoms with Crippen LogP contribution < -0.4 is 0 Å². The van der Waals surface area contributed by atoms with Crippen molar-refractivity contribution in [2.24, 2.45) is 5.41 Å². The van der Waals surface area contributed by atoms with Crippen molar-refractivity contribution in [3.8, 4) is 0 Å². The summed E-state index contributed by atoms with van der Waals surface area (Å²) in [5.41, 5.74) is 0.935. The summed E-state index contributed by atoms with van der Waals surface area (Å²) in [5.74, 6) is -0.359. The van der Waals surface area contributed by atoms with Gasteiger partial charge in [-0.1, -0.05) is 38.2 Å². The maximum absolute atomic E-state index is 11.9. The van der Waals surface area contributed by atoms with Crippen LogP contribution in [0.15, 0.2) is 35.5 Å². The van der Waals surface area contributed by atoms with Crippen molar-refractivity contribution >= 4 is 11.8 Å². The third-order valence-corrected chi connectivity index (χ3v) is 2.92. The maximum atomic E-state index is 11.9. The minimum absolute atomic E-state index is 0.109. The van der Waals surface area contributed by atoms with E-state index in [0.717, 1.165) is 0 Å². The Morgan fingerprint density at radius 1 is 1.06 bits per heavy atom. The number of hydrogen-bond donors (Lipinski definition) is 0. The second-order valence-electron chi connectivity index (χ2n) is 4.67. The van der Waals surface area contributed by atoms with Crippen molar-refractivity contribution in [3.05, 3.63) is 35.5 Å². The van der Waals surface area contributed by atoms with Crippen LogP contribution in [0.1, 0.15) is 20.8 Å². The summed E-state index contributed by atoms with van der Waals surface area (Å²) in [4.78, 5) is 25.1. The van der Waals surface area contributed by atoms with Crippen LogP contribution in [0, 0.1) is 5.41 Å². The lowest BCUT2D eigenvalue weighted by Gasteiger charge is -2.15. The Labute approximate surface area is 95.1 Å². The molecule has 3 heteroatoms. The van der Waals surface area contributed by atoms with Crippen LogP contribution in [-0.2, 0) is 9.59 Å². The molecular weight excluding hydrogens is 202 g/mol. The summed E-state index contributed by atoms with van der Waals surface area (Å²) in [6.07, 6.45) is 7.45. The smallest absolute Gasteiger partial charge is 0.261 e. The molecule has 84 valence electrons. The van der Waals surface area contributed by atoms with E-state index in [2.05, 4.69) is 0 Å². The predicted molar refractivity (Wildman–Crippen MR) is 61.5 cm³/mol. The molecule has 0 aromatic rings. The first kappa shape index (κ1) is 10.9. The summed E-state index contributed by atoms with van der Waals surface area (Å²) in [6, 6.07) is 0. The van der Waals surface area contributed by atoms with Crippen LogP contribution in [-0.4, -0.2) is 23.3 Å². The number of carbonyl (C=O) groups is 2. The van der Waals surface area contributed by atoms with E-state index in [1.807, 2.05) is 26.0 Å². The molecule has 0 aromatic heterocycles. The van der Waals surface area contributed by atoms with E-state index in [0.29, 0.717) is 17.7 Å². The van der Waals surface area contributed by atoms with Crippen LogP contribution in [0.5, 0.6) is 0 Å². The normalized spacial score (nSPS) is 22.8. The number of nitrogens with zero attached hydrogens (tertiary/aromatic N) is 1. The molecule has 0 unspecified atom stereocenters. The molecular formula is C13H15NO2. The summed E-state index contributed by atoms with van der Waals surface area (Å²) in [5, 5.41) is 0. The molecule has 0 saturated heterocycles. The number of hydrogen-bond acceptors (Lipinski definition) is 2. The number of rotatable bonds is 1. The van der Waals surface area contributed by atoms with Gasteiger partial charge in [0.1, 0.15) is 0 Å². The van der Waals surface area contributed by atoms with E-state index in [1.165, 1.54) is 4.90 Å². The first-order valence-corrected chi connectivity index (χ1v) is 5.45. The lowest BCUT2D eigenvalue weighted by molar-refractivity contribution is -0.137. The SMILES string of the molecule is CCN1C(=O)C2=C(C=CC(C)(C)C=C2)C1=O. The minimum Gasteiger partial charge on any atom is -0.275 e. The Bertz CT molecular complexity index is 415. The van der Waals surface area contributed by atoms with Gasteiger partial charge in [-0.15, -0.1) is 0 Å². The van der Waals surface area contributed by atoms with Gasteiger partial charge in [0, 0.05) is 12.0 Å². The van der Waals surface area contributed by atoms with Gasteiger partial charge < -0.3 is 0 Å². The second kappa shape index (κ2) is 3.44. The van der Waals surface area contributed by atoms with Crippen LogP contribution in [0.4, 0.5) is 0 Å². The number of imide groups is 1. The molecule has 0 N–H and O–H groups in total. The average Bonchev–Trinajstić information content (AvgIpc) is 2.34. The van der Waals surface area contributed by atoms with Gasteiger partial charge in [-0.2, -0.15) is 0 Å². The minimum atomic E-state index is -0.180. The highest BCUT2D eigenvalue weighted by atomic mass is 16.2. The summed E-state index contributed by atoms with van der Waals surface area (Å²) < 4.78 is 0. The first-order valence-electron chi connectivity index (χ1n) is 5.45. The first-order chi connectivity index (χ1) is 7.46. The van der Waals surface area contributed by atoms with Crippen molar-refractivity contribution in [3.63, 3.8) is 0 Å². The number of likely N-dealkylation sites (N-methyl/N-ethyl adjacent to an activating group) is 1. The quantitative estimate of drug-likeness (QED) is 0.628. The third-order valence-electron chi connectivity index (χ3n) is 2.92. The molecule has 2 aliphatic rings. The predicted octanol–water partition coefficient (Wildman–Crippen LogP) is 1.82. The standard InChI is InChI=1S/C13H15NO2/c1-4-14-11(15)9-5-7-13(2,3)8-6-10(9)12(14)16/h5-8H,4H2,1-3H3. The highest BCUT2D eigenvalue weighted by Gasteiger charge is 2.35. The molecule has 0 spiro atoms. The van der Waals surface area contributed by atoms with E-state index in [4.69, 9.17) is 0 Å². The summed E-state index contributed by atoms with van der Waals surface area (Å²) in [6.45, 7) is 6.30. The molecule has 2 rings (SSSR count). The topological polar surface area (TPSA) is 37.4 Å². The van der Waals surface area contributed by atoms with E-state index >= 15 is 0 Å². The molecule has 0 radical (unpaired) electrons. The largest absolute Gasteiger partial charge is 0.275 e. The molecule has 3 nitrogen and oxygen atoms in total. The Morgan fingerprint density at radius 2 is 1.50 bits per heavy atom. The van der Waals surface area contributed by atoms with E-state index in [9.17, 15) is 9.59 Å². The molecule has 0 atom stereocenters. The summed E-state index contributed by atoms with van der Waals surface area (Å²) >= 11 is 0.